The van der Waals surface area contributed by atoms with E-state index in [1.807, 2.05) is 37.3 Å². The van der Waals surface area contributed by atoms with Crippen LogP contribution < -0.4 is 10.1 Å². The molecule has 0 spiro atoms. The third-order valence-corrected chi connectivity index (χ3v) is 4.03. The fourth-order valence-electron chi connectivity index (χ4n) is 2.66. The number of carbonyl (C=O) groups is 2. The van der Waals surface area contributed by atoms with Crippen molar-refractivity contribution >= 4 is 17.6 Å². The van der Waals surface area contributed by atoms with Crippen molar-refractivity contribution in [2.24, 2.45) is 0 Å². The lowest BCUT2D eigenvalue weighted by Crippen LogP contribution is -2.16. The van der Waals surface area contributed by atoms with Gasteiger partial charge in [-0.15, -0.1) is 0 Å². The zero-order valence-electron chi connectivity index (χ0n) is 14.5. The fraction of sp³-hybridized carbons (Fsp3) is 0.300. The van der Waals surface area contributed by atoms with Crippen LogP contribution in [-0.2, 0) is 9.59 Å². The van der Waals surface area contributed by atoms with Crippen LogP contribution in [0.3, 0.4) is 0 Å². The molecule has 0 fully saturated rings. The number of hydrogen-bond donors (Lipinski definition) is 2. The van der Waals surface area contributed by atoms with Crippen LogP contribution >= 0.6 is 0 Å². The summed E-state index contributed by atoms with van der Waals surface area (Å²) < 4.78 is 5.14. The van der Waals surface area contributed by atoms with Gasteiger partial charge >= 0.3 is 5.97 Å². The second-order valence-electron chi connectivity index (χ2n) is 5.93. The van der Waals surface area contributed by atoms with E-state index in [0.717, 1.165) is 17.5 Å². The number of aryl methyl sites for hydroxylation is 1. The van der Waals surface area contributed by atoms with Crippen molar-refractivity contribution in [2.45, 2.75) is 32.6 Å². The zero-order valence-corrected chi connectivity index (χ0v) is 14.5. The van der Waals surface area contributed by atoms with Gasteiger partial charge in [0.15, 0.2) is 6.61 Å². The van der Waals surface area contributed by atoms with Gasteiger partial charge < -0.3 is 15.2 Å². The number of amides is 1. The van der Waals surface area contributed by atoms with Crippen molar-refractivity contribution in [3.63, 3.8) is 0 Å². The van der Waals surface area contributed by atoms with E-state index in [-0.39, 0.29) is 18.4 Å². The topological polar surface area (TPSA) is 75.6 Å². The largest absolute Gasteiger partial charge is 0.482 e. The van der Waals surface area contributed by atoms with E-state index in [4.69, 9.17) is 9.84 Å². The normalized spacial score (nSPS) is 11.6. The molecular weight excluding hydrogens is 318 g/mol. The monoisotopic (exact) mass is 341 g/mol. The minimum absolute atomic E-state index is 0.0435. The highest BCUT2D eigenvalue weighted by Gasteiger charge is 2.15. The summed E-state index contributed by atoms with van der Waals surface area (Å²) in [6.07, 6.45) is 1.30. The summed E-state index contributed by atoms with van der Waals surface area (Å²) in [4.78, 5) is 22.9. The van der Waals surface area contributed by atoms with E-state index in [1.54, 1.807) is 18.2 Å². The summed E-state index contributed by atoms with van der Waals surface area (Å²) in [6, 6.07) is 15.1. The van der Waals surface area contributed by atoms with Crippen LogP contribution in [0, 0.1) is 6.92 Å². The minimum atomic E-state index is -1.03. The number of hydrogen-bond acceptors (Lipinski definition) is 3. The van der Waals surface area contributed by atoms with Crippen LogP contribution in [0.4, 0.5) is 5.69 Å². The van der Waals surface area contributed by atoms with Crippen LogP contribution in [0.2, 0.25) is 0 Å². The zero-order chi connectivity index (χ0) is 18.2. The maximum absolute atomic E-state index is 12.4. The van der Waals surface area contributed by atoms with Gasteiger partial charge in [-0.2, -0.15) is 0 Å². The number of carbonyl (C=O) groups excluding carboxylic acids is 1. The molecule has 0 aliphatic carbocycles. The molecule has 0 bridgehead atoms. The molecule has 1 unspecified atom stereocenters. The fourth-order valence-corrected chi connectivity index (χ4v) is 2.66. The summed E-state index contributed by atoms with van der Waals surface area (Å²) in [6.45, 7) is 3.53. The lowest BCUT2D eigenvalue weighted by molar-refractivity contribution is -0.139. The first-order chi connectivity index (χ1) is 12.0. The molecule has 2 rings (SSSR count). The van der Waals surface area contributed by atoms with Crippen molar-refractivity contribution in [3.8, 4) is 5.75 Å². The number of anilines is 1. The summed E-state index contributed by atoms with van der Waals surface area (Å²) in [5, 5.41) is 11.6. The van der Waals surface area contributed by atoms with Gasteiger partial charge in [0, 0.05) is 12.1 Å². The van der Waals surface area contributed by atoms with Crippen LogP contribution in [0.25, 0.3) is 0 Å². The molecule has 1 amide bonds. The Hall–Kier alpha value is -2.82. The first-order valence-corrected chi connectivity index (χ1v) is 8.29. The molecule has 1 atom stereocenters. The van der Waals surface area contributed by atoms with Crippen LogP contribution in [0.1, 0.15) is 36.8 Å². The molecule has 0 saturated heterocycles. The highest BCUT2D eigenvalue weighted by Crippen LogP contribution is 2.25. The lowest BCUT2D eigenvalue weighted by Gasteiger charge is -2.16. The van der Waals surface area contributed by atoms with E-state index in [1.165, 1.54) is 0 Å². The van der Waals surface area contributed by atoms with Gasteiger partial charge in [0.25, 0.3) is 0 Å². The van der Waals surface area contributed by atoms with Crippen molar-refractivity contribution in [1.82, 2.24) is 0 Å². The molecule has 0 aromatic heterocycles. The van der Waals surface area contributed by atoms with Gasteiger partial charge in [0.1, 0.15) is 5.75 Å². The average molecular weight is 341 g/mol. The van der Waals surface area contributed by atoms with Crippen LogP contribution in [0.15, 0.2) is 48.5 Å². The Morgan fingerprint density at radius 2 is 1.88 bits per heavy atom. The summed E-state index contributed by atoms with van der Waals surface area (Å²) in [5.41, 5.74) is 2.69. The van der Waals surface area contributed by atoms with E-state index < -0.39 is 5.97 Å². The second kappa shape index (κ2) is 8.87. The van der Waals surface area contributed by atoms with Crippen molar-refractivity contribution in [3.05, 3.63) is 59.7 Å². The number of ether oxygens (including phenoxy) is 1. The molecule has 2 aromatic rings. The Balaban J connectivity index is 1.99. The molecule has 0 aliphatic rings. The van der Waals surface area contributed by atoms with E-state index in [0.29, 0.717) is 17.9 Å². The molecule has 25 heavy (non-hydrogen) atoms. The Morgan fingerprint density at radius 3 is 2.48 bits per heavy atom. The Kier molecular flexibility index (Phi) is 6.57. The van der Waals surface area contributed by atoms with Gasteiger partial charge in [-0.05, 0) is 48.6 Å². The van der Waals surface area contributed by atoms with Crippen LogP contribution in [0.5, 0.6) is 5.75 Å². The molecule has 0 radical (unpaired) electrons. The van der Waals surface area contributed by atoms with E-state index in [9.17, 15) is 9.59 Å². The van der Waals surface area contributed by atoms with Crippen molar-refractivity contribution in [2.75, 3.05) is 11.9 Å². The van der Waals surface area contributed by atoms with Gasteiger partial charge in [0.05, 0.1) is 0 Å². The average Bonchev–Trinajstić information content (AvgIpc) is 2.60. The number of carboxylic acids is 1. The summed E-state index contributed by atoms with van der Waals surface area (Å²) in [5.74, 6) is -0.423. The molecule has 0 heterocycles. The third kappa shape index (κ3) is 5.64. The highest BCUT2D eigenvalue weighted by molar-refractivity contribution is 5.92. The van der Waals surface area contributed by atoms with E-state index >= 15 is 0 Å². The van der Waals surface area contributed by atoms with Gasteiger partial charge in [-0.3, -0.25) is 4.79 Å². The predicted octanol–water partition coefficient (Wildman–Crippen LogP) is 3.98. The number of aliphatic carboxylic acids is 1. The number of benzene rings is 2. The molecule has 0 saturated carbocycles. The molecule has 5 nitrogen and oxygen atoms in total. The van der Waals surface area contributed by atoms with Gasteiger partial charge in [0.2, 0.25) is 5.91 Å². The molecular formula is C20H23NO4. The minimum Gasteiger partial charge on any atom is -0.482 e. The highest BCUT2D eigenvalue weighted by atomic mass is 16.5. The first-order valence-electron chi connectivity index (χ1n) is 8.29. The maximum atomic E-state index is 12.4. The lowest BCUT2D eigenvalue weighted by atomic mass is 9.93. The molecule has 2 N–H and O–H groups in total. The number of rotatable bonds is 8. The molecule has 5 heteroatoms. The SMILES string of the molecule is CCC(CC(=O)Nc1ccc(OCC(=O)O)cc1C)c1ccccc1. The standard InChI is InChI=1S/C20H23NO4/c1-3-15(16-7-5-4-6-8-16)12-19(22)21-18-10-9-17(11-14(18)2)25-13-20(23)24/h4-11,15H,3,12-13H2,1-2H3,(H,21,22)(H,23,24). The van der Waals surface area contributed by atoms with Crippen LogP contribution in [-0.4, -0.2) is 23.6 Å². The number of carboxylic acid groups (broad SMARTS) is 1. The molecule has 132 valence electrons. The maximum Gasteiger partial charge on any atom is 0.341 e. The molecule has 2 aromatic carbocycles. The third-order valence-electron chi connectivity index (χ3n) is 4.03. The van der Waals surface area contributed by atoms with Gasteiger partial charge in [-0.25, -0.2) is 4.79 Å². The predicted molar refractivity (Wildman–Crippen MR) is 97.0 cm³/mol. The second-order valence-corrected chi connectivity index (χ2v) is 5.93. The summed E-state index contributed by atoms with van der Waals surface area (Å²) in [7, 11) is 0. The van der Waals surface area contributed by atoms with Crippen molar-refractivity contribution < 1.29 is 19.4 Å². The summed E-state index contributed by atoms with van der Waals surface area (Å²) >= 11 is 0. The Morgan fingerprint density at radius 1 is 1.16 bits per heavy atom. The first kappa shape index (κ1) is 18.5. The quantitative estimate of drug-likeness (QED) is 0.761. The van der Waals surface area contributed by atoms with Crippen molar-refractivity contribution in [1.29, 1.82) is 0 Å². The van der Waals surface area contributed by atoms with Gasteiger partial charge in [-0.1, -0.05) is 37.3 Å². The van der Waals surface area contributed by atoms with E-state index in [2.05, 4.69) is 12.2 Å². The molecule has 0 aliphatic heterocycles. The Labute approximate surface area is 147 Å². The Bertz CT molecular complexity index is 728. The smallest absolute Gasteiger partial charge is 0.341 e. The number of nitrogens with one attached hydrogen (secondary N) is 1.